The van der Waals surface area contributed by atoms with E-state index in [4.69, 9.17) is 5.11 Å². The molecule has 1 aliphatic rings. The molecule has 1 saturated carbocycles. The number of carboxylic acids is 1. The van der Waals surface area contributed by atoms with E-state index < -0.39 is 5.97 Å². The molecule has 1 N–H and O–H groups in total. The second-order valence-electron chi connectivity index (χ2n) is 4.44. The highest BCUT2D eigenvalue weighted by molar-refractivity contribution is 5.88. The summed E-state index contributed by atoms with van der Waals surface area (Å²) in [5.41, 5.74) is 2.85. The van der Waals surface area contributed by atoms with Crippen LogP contribution in [0.1, 0.15) is 37.7 Å². The van der Waals surface area contributed by atoms with Crippen LogP contribution in [0.3, 0.4) is 0 Å². The van der Waals surface area contributed by atoms with Crippen LogP contribution in [0.4, 0.5) is 5.69 Å². The van der Waals surface area contributed by atoms with Crippen molar-refractivity contribution in [3.05, 3.63) is 29.8 Å². The Balaban J connectivity index is 2.21. The molecule has 3 heteroatoms. The van der Waals surface area contributed by atoms with E-state index in [9.17, 15) is 4.79 Å². The Morgan fingerprint density at radius 2 is 1.88 bits per heavy atom. The van der Waals surface area contributed by atoms with Crippen LogP contribution in [0.5, 0.6) is 0 Å². The summed E-state index contributed by atoms with van der Waals surface area (Å²) in [6.45, 7) is 0. The molecule has 1 aliphatic carbocycles. The fraction of sp³-hybridized carbons (Fsp3) is 0.429. The van der Waals surface area contributed by atoms with Crippen LogP contribution in [0.2, 0.25) is 0 Å². The zero-order valence-electron chi connectivity index (χ0n) is 9.85. The highest BCUT2D eigenvalue weighted by atomic mass is 16.4. The molecule has 0 heterocycles. The van der Waals surface area contributed by atoms with E-state index in [2.05, 4.69) is 4.99 Å². The lowest BCUT2D eigenvalue weighted by atomic mass is 9.98. The molecule has 17 heavy (non-hydrogen) atoms. The number of hydrogen-bond acceptors (Lipinski definition) is 2. The summed E-state index contributed by atoms with van der Waals surface area (Å²) >= 11 is 0. The number of hydrogen-bond donors (Lipinski definition) is 1. The van der Waals surface area contributed by atoms with Gasteiger partial charge in [-0.25, -0.2) is 0 Å². The molecule has 3 nitrogen and oxygen atoms in total. The molecular weight excluding hydrogens is 214 g/mol. The van der Waals surface area contributed by atoms with Gasteiger partial charge in [0.25, 0.3) is 0 Å². The first-order chi connectivity index (χ1) is 8.25. The topological polar surface area (TPSA) is 49.7 Å². The Hall–Kier alpha value is -1.64. The molecule has 0 bridgehead atoms. The molecule has 0 aliphatic heterocycles. The Morgan fingerprint density at radius 3 is 2.59 bits per heavy atom. The van der Waals surface area contributed by atoms with Gasteiger partial charge in [0.15, 0.2) is 0 Å². The number of rotatable bonds is 3. The molecule has 0 atom stereocenters. The standard InChI is InChI=1S/C14H17NO2/c16-14(17)10-11-6-4-5-9-13(11)15-12-7-2-1-3-8-12/h4-6,9H,1-3,7-8,10H2,(H,16,17). The number of para-hydroxylation sites is 1. The fourth-order valence-electron chi connectivity index (χ4n) is 2.17. The van der Waals surface area contributed by atoms with E-state index in [1.165, 1.54) is 25.0 Å². The molecule has 90 valence electrons. The lowest BCUT2D eigenvalue weighted by Gasteiger charge is -2.13. The van der Waals surface area contributed by atoms with Crippen molar-refractivity contribution in [1.29, 1.82) is 0 Å². The summed E-state index contributed by atoms with van der Waals surface area (Å²) < 4.78 is 0. The average molecular weight is 231 g/mol. The van der Waals surface area contributed by atoms with E-state index in [1.807, 2.05) is 24.3 Å². The normalized spacial score (nSPS) is 15.6. The van der Waals surface area contributed by atoms with Gasteiger partial charge in [-0.15, -0.1) is 0 Å². The quantitative estimate of drug-likeness (QED) is 0.867. The van der Waals surface area contributed by atoms with Gasteiger partial charge in [0.1, 0.15) is 0 Å². The van der Waals surface area contributed by atoms with E-state index in [0.717, 1.165) is 24.1 Å². The van der Waals surface area contributed by atoms with E-state index in [-0.39, 0.29) is 6.42 Å². The van der Waals surface area contributed by atoms with Crippen molar-refractivity contribution in [2.75, 3.05) is 0 Å². The molecule has 0 unspecified atom stereocenters. The van der Waals surface area contributed by atoms with E-state index in [0.29, 0.717) is 0 Å². The molecule has 0 aromatic heterocycles. The third-order valence-corrected chi connectivity index (χ3v) is 3.04. The number of carbonyl (C=O) groups is 1. The van der Waals surface area contributed by atoms with Crippen molar-refractivity contribution in [3.63, 3.8) is 0 Å². The highest BCUT2D eigenvalue weighted by Crippen LogP contribution is 2.23. The largest absolute Gasteiger partial charge is 0.481 e. The van der Waals surface area contributed by atoms with Crippen molar-refractivity contribution < 1.29 is 9.90 Å². The minimum Gasteiger partial charge on any atom is -0.481 e. The first-order valence-corrected chi connectivity index (χ1v) is 6.12. The van der Waals surface area contributed by atoms with Crippen LogP contribution in [0.15, 0.2) is 29.3 Å². The van der Waals surface area contributed by atoms with E-state index >= 15 is 0 Å². The van der Waals surface area contributed by atoms with Crippen LogP contribution in [0, 0.1) is 0 Å². The van der Waals surface area contributed by atoms with Crippen molar-refractivity contribution in [3.8, 4) is 0 Å². The van der Waals surface area contributed by atoms with Gasteiger partial charge in [0.05, 0.1) is 12.1 Å². The maximum absolute atomic E-state index is 10.8. The van der Waals surface area contributed by atoms with Crippen LogP contribution in [0.25, 0.3) is 0 Å². The number of carboxylic acid groups (broad SMARTS) is 1. The summed E-state index contributed by atoms with van der Waals surface area (Å²) in [6, 6.07) is 7.52. The number of aliphatic carboxylic acids is 1. The predicted molar refractivity (Wildman–Crippen MR) is 68.0 cm³/mol. The maximum atomic E-state index is 10.8. The Morgan fingerprint density at radius 1 is 1.18 bits per heavy atom. The van der Waals surface area contributed by atoms with Gasteiger partial charge in [0, 0.05) is 5.71 Å². The van der Waals surface area contributed by atoms with Crippen LogP contribution in [-0.2, 0) is 11.2 Å². The average Bonchev–Trinajstić information content (AvgIpc) is 2.32. The van der Waals surface area contributed by atoms with E-state index in [1.54, 1.807) is 0 Å². The van der Waals surface area contributed by atoms with Gasteiger partial charge in [-0.05, 0) is 37.3 Å². The highest BCUT2D eigenvalue weighted by Gasteiger charge is 2.09. The first kappa shape index (κ1) is 11.8. The zero-order valence-corrected chi connectivity index (χ0v) is 9.85. The fourth-order valence-corrected chi connectivity index (χ4v) is 2.17. The molecular formula is C14H17NO2. The number of nitrogens with zero attached hydrogens (tertiary/aromatic N) is 1. The molecule has 0 radical (unpaired) electrons. The molecule has 1 aromatic rings. The molecule has 1 fully saturated rings. The first-order valence-electron chi connectivity index (χ1n) is 6.12. The van der Waals surface area contributed by atoms with Crippen LogP contribution in [-0.4, -0.2) is 16.8 Å². The predicted octanol–water partition coefficient (Wildman–Crippen LogP) is 3.35. The van der Waals surface area contributed by atoms with Gasteiger partial charge in [0.2, 0.25) is 0 Å². The Labute approximate surface area is 101 Å². The molecule has 0 amide bonds. The summed E-state index contributed by atoms with van der Waals surface area (Å²) in [7, 11) is 0. The SMILES string of the molecule is O=C(O)Cc1ccccc1N=C1CCCCC1. The second kappa shape index (κ2) is 5.62. The van der Waals surface area contributed by atoms with Gasteiger partial charge in [-0.2, -0.15) is 0 Å². The minimum absolute atomic E-state index is 0.0486. The maximum Gasteiger partial charge on any atom is 0.307 e. The number of aliphatic imine (C=N–C) groups is 1. The third kappa shape index (κ3) is 3.41. The van der Waals surface area contributed by atoms with Crippen LogP contribution >= 0.6 is 0 Å². The lowest BCUT2D eigenvalue weighted by molar-refractivity contribution is -0.136. The molecule has 2 rings (SSSR count). The minimum atomic E-state index is -0.804. The van der Waals surface area contributed by atoms with Crippen molar-refractivity contribution in [2.24, 2.45) is 4.99 Å². The van der Waals surface area contributed by atoms with Gasteiger partial charge in [-0.1, -0.05) is 24.6 Å². The monoisotopic (exact) mass is 231 g/mol. The molecule has 1 aromatic carbocycles. The summed E-state index contributed by atoms with van der Waals surface area (Å²) in [5.74, 6) is -0.804. The number of benzene rings is 1. The Bertz CT molecular complexity index is 430. The zero-order chi connectivity index (χ0) is 12.1. The van der Waals surface area contributed by atoms with Crippen molar-refractivity contribution in [2.45, 2.75) is 38.5 Å². The lowest BCUT2D eigenvalue weighted by Crippen LogP contribution is -2.05. The Kier molecular flexibility index (Phi) is 3.91. The van der Waals surface area contributed by atoms with Crippen LogP contribution < -0.4 is 0 Å². The van der Waals surface area contributed by atoms with Crippen molar-refractivity contribution in [1.82, 2.24) is 0 Å². The van der Waals surface area contributed by atoms with Gasteiger partial charge in [-0.3, -0.25) is 9.79 Å². The van der Waals surface area contributed by atoms with Gasteiger partial charge >= 0.3 is 5.97 Å². The van der Waals surface area contributed by atoms with Crippen molar-refractivity contribution >= 4 is 17.4 Å². The van der Waals surface area contributed by atoms with Gasteiger partial charge < -0.3 is 5.11 Å². The molecule has 0 spiro atoms. The summed E-state index contributed by atoms with van der Waals surface area (Å²) in [6.07, 6.45) is 5.87. The smallest absolute Gasteiger partial charge is 0.307 e. The third-order valence-electron chi connectivity index (χ3n) is 3.04. The second-order valence-corrected chi connectivity index (χ2v) is 4.44. The summed E-state index contributed by atoms with van der Waals surface area (Å²) in [5, 5.41) is 8.85. The summed E-state index contributed by atoms with van der Waals surface area (Å²) in [4.78, 5) is 15.4. The molecule has 0 saturated heterocycles.